The van der Waals surface area contributed by atoms with E-state index in [0.29, 0.717) is 34.5 Å². The van der Waals surface area contributed by atoms with E-state index in [1.54, 1.807) is 55.5 Å². The lowest BCUT2D eigenvalue weighted by atomic mass is 10.3. The highest BCUT2D eigenvalue weighted by Crippen LogP contribution is 2.25. The van der Waals surface area contributed by atoms with Gasteiger partial charge in [0.25, 0.3) is 15.9 Å². The summed E-state index contributed by atoms with van der Waals surface area (Å²) in [6.07, 6.45) is -0.806. The van der Waals surface area contributed by atoms with Gasteiger partial charge >= 0.3 is 0 Å². The van der Waals surface area contributed by atoms with Crippen LogP contribution in [0.1, 0.15) is 13.8 Å². The lowest BCUT2D eigenvalue weighted by Crippen LogP contribution is -2.30. The van der Waals surface area contributed by atoms with Gasteiger partial charge in [0.1, 0.15) is 11.5 Å². The average molecular weight is 475 g/mol. The molecule has 168 valence electrons. The molecular formula is C23H23ClN2O5S. The zero-order valence-electron chi connectivity index (χ0n) is 17.5. The standard InChI is InChI=1S/C23H23ClN2O5S/c1-3-30-19-12-8-18(9-13-19)26-32(28,29)20-14-10-17(11-15-20)25-23(27)16(2)31-22-7-5-4-6-21(22)24/h4-16,26H,3H2,1-2H3,(H,25,27). The fourth-order valence-electron chi connectivity index (χ4n) is 2.75. The third-order valence-corrected chi connectivity index (χ3v) is 6.07. The molecule has 0 bridgehead atoms. The van der Waals surface area contributed by atoms with Crippen LogP contribution < -0.4 is 19.5 Å². The number of carbonyl (C=O) groups is 1. The number of halogens is 1. The normalized spacial score (nSPS) is 12.0. The van der Waals surface area contributed by atoms with Gasteiger partial charge in [-0.25, -0.2) is 8.42 Å². The summed E-state index contributed by atoms with van der Waals surface area (Å²) in [5.41, 5.74) is 0.848. The fraction of sp³-hybridized carbons (Fsp3) is 0.174. The molecule has 3 aromatic rings. The minimum absolute atomic E-state index is 0.0600. The van der Waals surface area contributed by atoms with Gasteiger partial charge < -0.3 is 14.8 Å². The van der Waals surface area contributed by atoms with Gasteiger partial charge in [-0.1, -0.05) is 23.7 Å². The molecule has 1 amide bonds. The second-order valence-corrected chi connectivity index (χ2v) is 8.86. The Hall–Kier alpha value is -3.23. The monoisotopic (exact) mass is 474 g/mol. The van der Waals surface area contributed by atoms with Gasteiger partial charge in [0, 0.05) is 11.4 Å². The summed E-state index contributed by atoms with van der Waals surface area (Å²) < 4.78 is 38.7. The molecule has 0 aliphatic rings. The maximum Gasteiger partial charge on any atom is 0.265 e. The third kappa shape index (κ3) is 6.15. The van der Waals surface area contributed by atoms with Crippen molar-refractivity contribution in [1.82, 2.24) is 0 Å². The van der Waals surface area contributed by atoms with E-state index in [-0.39, 0.29) is 4.90 Å². The molecule has 0 heterocycles. The van der Waals surface area contributed by atoms with Crippen molar-refractivity contribution in [3.05, 3.63) is 77.8 Å². The van der Waals surface area contributed by atoms with Crippen LogP contribution in [0, 0.1) is 0 Å². The first kappa shape index (κ1) is 23.4. The Morgan fingerprint density at radius 1 is 0.969 bits per heavy atom. The van der Waals surface area contributed by atoms with Gasteiger partial charge in [0.15, 0.2) is 6.10 Å². The van der Waals surface area contributed by atoms with Crippen LogP contribution in [0.3, 0.4) is 0 Å². The fourth-order valence-corrected chi connectivity index (χ4v) is 3.98. The number of hydrogen-bond donors (Lipinski definition) is 2. The predicted octanol–water partition coefficient (Wildman–Crippen LogP) is 4.95. The number of ether oxygens (including phenoxy) is 2. The van der Waals surface area contributed by atoms with Crippen LogP contribution in [0.4, 0.5) is 11.4 Å². The zero-order valence-corrected chi connectivity index (χ0v) is 19.1. The Bertz CT molecular complexity index is 1170. The molecule has 1 atom stereocenters. The molecule has 7 nitrogen and oxygen atoms in total. The number of sulfonamides is 1. The number of carbonyl (C=O) groups excluding carboxylic acids is 1. The summed E-state index contributed by atoms with van der Waals surface area (Å²) in [5, 5.41) is 3.10. The van der Waals surface area contributed by atoms with Crippen LogP contribution in [0.15, 0.2) is 77.7 Å². The summed E-state index contributed by atoms with van der Waals surface area (Å²) in [6, 6.07) is 19.3. The van der Waals surface area contributed by atoms with Gasteiger partial charge in [-0.15, -0.1) is 0 Å². The van der Waals surface area contributed by atoms with Crippen molar-refractivity contribution in [2.75, 3.05) is 16.6 Å². The minimum Gasteiger partial charge on any atom is -0.494 e. The zero-order chi connectivity index (χ0) is 23.1. The smallest absolute Gasteiger partial charge is 0.265 e. The van der Waals surface area contributed by atoms with Crippen LogP contribution in [0.25, 0.3) is 0 Å². The molecule has 3 aromatic carbocycles. The SMILES string of the molecule is CCOc1ccc(NS(=O)(=O)c2ccc(NC(=O)C(C)Oc3ccccc3Cl)cc2)cc1. The molecule has 0 fully saturated rings. The molecule has 1 unspecified atom stereocenters. The van der Waals surface area contributed by atoms with Gasteiger partial charge in [-0.3, -0.25) is 9.52 Å². The average Bonchev–Trinajstić information content (AvgIpc) is 2.77. The number of amides is 1. The van der Waals surface area contributed by atoms with Gasteiger partial charge in [-0.05, 0) is 74.5 Å². The Morgan fingerprint density at radius 3 is 2.22 bits per heavy atom. The van der Waals surface area contributed by atoms with Gasteiger partial charge in [0.05, 0.1) is 16.5 Å². The first-order valence-corrected chi connectivity index (χ1v) is 11.7. The van der Waals surface area contributed by atoms with E-state index >= 15 is 0 Å². The second kappa shape index (κ2) is 10.4. The summed E-state index contributed by atoms with van der Waals surface area (Å²) in [5.74, 6) is 0.662. The van der Waals surface area contributed by atoms with E-state index < -0.39 is 22.0 Å². The lowest BCUT2D eigenvalue weighted by molar-refractivity contribution is -0.122. The number of hydrogen-bond acceptors (Lipinski definition) is 5. The highest BCUT2D eigenvalue weighted by Gasteiger charge is 2.18. The Labute approximate surface area is 192 Å². The second-order valence-electron chi connectivity index (χ2n) is 6.77. The first-order valence-electron chi connectivity index (χ1n) is 9.86. The number of anilines is 2. The molecule has 0 aromatic heterocycles. The molecule has 0 saturated heterocycles. The van der Waals surface area contributed by atoms with Crippen molar-refractivity contribution < 1.29 is 22.7 Å². The van der Waals surface area contributed by atoms with E-state index in [1.807, 2.05) is 6.92 Å². The molecule has 0 saturated carbocycles. The van der Waals surface area contributed by atoms with Gasteiger partial charge in [0.2, 0.25) is 0 Å². The van der Waals surface area contributed by atoms with E-state index in [9.17, 15) is 13.2 Å². The van der Waals surface area contributed by atoms with Crippen molar-refractivity contribution in [1.29, 1.82) is 0 Å². The summed E-state index contributed by atoms with van der Waals surface area (Å²) in [4.78, 5) is 12.5. The maximum absolute atomic E-state index is 12.6. The number of rotatable bonds is 9. The van der Waals surface area contributed by atoms with Crippen molar-refractivity contribution >= 4 is 38.9 Å². The molecule has 9 heteroatoms. The molecule has 2 N–H and O–H groups in total. The van der Waals surface area contributed by atoms with Crippen molar-refractivity contribution in [2.24, 2.45) is 0 Å². The summed E-state index contributed by atoms with van der Waals surface area (Å²) in [7, 11) is -3.79. The van der Waals surface area contributed by atoms with E-state index in [0.717, 1.165) is 0 Å². The quantitative estimate of drug-likeness (QED) is 0.458. The van der Waals surface area contributed by atoms with Crippen molar-refractivity contribution in [3.63, 3.8) is 0 Å². The highest BCUT2D eigenvalue weighted by molar-refractivity contribution is 7.92. The maximum atomic E-state index is 12.6. The van der Waals surface area contributed by atoms with Crippen molar-refractivity contribution in [2.45, 2.75) is 24.8 Å². The molecule has 3 rings (SSSR count). The molecule has 0 aliphatic heterocycles. The molecular weight excluding hydrogens is 452 g/mol. The molecule has 0 spiro atoms. The number of benzene rings is 3. The van der Waals surface area contributed by atoms with Crippen LogP contribution >= 0.6 is 11.6 Å². The van der Waals surface area contributed by atoms with E-state index in [4.69, 9.17) is 21.1 Å². The van der Waals surface area contributed by atoms with Crippen LogP contribution in [-0.4, -0.2) is 27.0 Å². The molecule has 32 heavy (non-hydrogen) atoms. The van der Waals surface area contributed by atoms with E-state index in [2.05, 4.69) is 10.0 Å². The predicted molar refractivity (Wildman–Crippen MR) is 125 cm³/mol. The molecule has 0 aliphatic carbocycles. The number of para-hydroxylation sites is 1. The van der Waals surface area contributed by atoms with Crippen LogP contribution in [0.5, 0.6) is 11.5 Å². The minimum atomic E-state index is -3.79. The lowest BCUT2D eigenvalue weighted by Gasteiger charge is -2.16. The highest BCUT2D eigenvalue weighted by atomic mass is 35.5. The third-order valence-electron chi connectivity index (χ3n) is 4.36. The Morgan fingerprint density at radius 2 is 1.59 bits per heavy atom. The Balaban J connectivity index is 1.62. The van der Waals surface area contributed by atoms with Gasteiger partial charge in [-0.2, -0.15) is 0 Å². The number of nitrogens with one attached hydrogen (secondary N) is 2. The largest absolute Gasteiger partial charge is 0.494 e. The first-order chi connectivity index (χ1) is 15.3. The van der Waals surface area contributed by atoms with Crippen molar-refractivity contribution in [3.8, 4) is 11.5 Å². The van der Waals surface area contributed by atoms with Crippen LogP contribution in [0.2, 0.25) is 5.02 Å². The summed E-state index contributed by atoms with van der Waals surface area (Å²) >= 11 is 6.05. The Kier molecular flexibility index (Phi) is 7.61. The molecule has 0 radical (unpaired) electrons. The topological polar surface area (TPSA) is 93.7 Å². The van der Waals surface area contributed by atoms with E-state index in [1.165, 1.54) is 24.3 Å². The van der Waals surface area contributed by atoms with Crippen LogP contribution in [-0.2, 0) is 14.8 Å². The summed E-state index contributed by atoms with van der Waals surface area (Å²) in [6.45, 7) is 3.99.